The highest BCUT2D eigenvalue weighted by atomic mass is 16.5. The van der Waals surface area contributed by atoms with Gasteiger partial charge in [0.25, 0.3) is 0 Å². The van der Waals surface area contributed by atoms with Crippen LogP contribution < -0.4 is 0 Å². The molecule has 0 heterocycles. The number of unbranched alkanes of at least 4 members (excludes halogenated alkanes) is 7. The van der Waals surface area contributed by atoms with Gasteiger partial charge in [0, 0.05) is 0 Å². The smallest absolute Gasteiger partial charge is 0.335 e. The van der Waals surface area contributed by atoms with Crippen LogP contribution in [-0.2, 0) is 9.53 Å². The van der Waals surface area contributed by atoms with E-state index in [0.717, 1.165) is 19.3 Å². The molecular formula is C18H36O8. The quantitative estimate of drug-likeness (QED) is 0.199. The third-order valence-corrected chi connectivity index (χ3v) is 4.31. The second-order valence-electron chi connectivity index (χ2n) is 6.79. The van der Waals surface area contributed by atoms with E-state index in [1.807, 2.05) is 0 Å². The molecule has 6 N–H and O–H groups in total. The SMILES string of the molecule is CCCCCCCCCCC(O)COCC(O)C(O)C(O)C(O)C(=O)O. The van der Waals surface area contributed by atoms with Crippen molar-refractivity contribution in [2.45, 2.75) is 95.2 Å². The van der Waals surface area contributed by atoms with Crippen LogP contribution in [0.4, 0.5) is 0 Å². The van der Waals surface area contributed by atoms with Gasteiger partial charge in [-0.25, -0.2) is 4.79 Å². The van der Waals surface area contributed by atoms with Gasteiger partial charge in [-0.2, -0.15) is 0 Å². The average molecular weight is 380 g/mol. The number of rotatable bonds is 17. The fourth-order valence-corrected chi connectivity index (χ4v) is 2.58. The van der Waals surface area contributed by atoms with Gasteiger partial charge in [0.05, 0.1) is 19.3 Å². The van der Waals surface area contributed by atoms with Gasteiger partial charge in [-0.3, -0.25) is 0 Å². The fourth-order valence-electron chi connectivity index (χ4n) is 2.58. The number of aliphatic hydroxyl groups excluding tert-OH is 5. The van der Waals surface area contributed by atoms with Crippen molar-refractivity contribution in [1.82, 2.24) is 0 Å². The zero-order chi connectivity index (χ0) is 19.9. The Morgan fingerprint density at radius 2 is 1.35 bits per heavy atom. The van der Waals surface area contributed by atoms with E-state index in [2.05, 4.69) is 6.92 Å². The number of aliphatic carboxylic acids is 1. The summed E-state index contributed by atoms with van der Waals surface area (Å²) >= 11 is 0. The molecule has 0 amide bonds. The third kappa shape index (κ3) is 11.8. The Balaban J connectivity index is 3.73. The predicted octanol–water partition coefficient (Wildman–Crippen LogP) is 0.423. The van der Waals surface area contributed by atoms with Gasteiger partial charge < -0.3 is 35.4 Å². The summed E-state index contributed by atoms with van der Waals surface area (Å²) < 4.78 is 5.09. The highest BCUT2D eigenvalue weighted by Gasteiger charge is 2.34. The Morgan fingerprint density at radius 1 is 0.808 bits per heavy atom. The maximum Gasteiger partial charge on any atom is 0.335 e. The molecule has 0 bridgehead atoms. The Labute approximate surface area is 155 Å². The van der Waals surface area contributed by atoms with Gasteiger partial charge in [-0.05, 0) is 6.42 Å². The molecule has 8 nitrogen and oxygen atoms in total. The second-order valence-corrected chi connectivity index (χ2v) is 6.79. The van der Waals surface area contributed by atoms with Crippen molar-refractivity contribution in [3.8, 4) is 0 Å². The number of carboxylic acids is 1. The lowest BCUT2D eigenvalue weighted by molar-refractivity contribution is -0.165. The number of carbonyl (C=O) groups is 1. The molecule has 0 aliphatic rings. The minimum Gasteiger partial charge on any atom is -0.479 e. The molecule has 0 rings (SSSR count). The normalized spacial score (nSPS) is 17.5. The lowest BCUT2D eigenvalue weighted by Gasteiger charge is -2.24. The van der Waals surface area contributed by atoms with Gasteiger partial charge in [-0.15, -0.1) is 0 Å². The topological polar surface area (TPSA) is 148 Å². The summed E-state index contributed by atoms with van der Waals surface area (Å²) in [4.78, 5) is 10.5. The van der Waals surface area contributed by atoms with Crippen molar-refractivity contribution in [3.63, 3.8) is 0 Å². The van der Waals surface area contributed by atoms with E-state index in [0.29, 0.717) is 6.42 Å². The van der Waals surface area contributed by atoms with E-state index in [1.54, 1.807) is 0 Å². The summed E-state index contributed by atoms with van der Waals surface area (Å²) in [5.41, 5.74) is 0. The largest absolute Gasteiger partial charge is 0.479 e. The highest BCUT2D eigenvalue weighted by Crippen LogP contribution is 2.11. The third-order valence-electron chi connectivity index (χ3n) is 4.31. The predicted molar refractivity (Wildman–Crippen MR) is 95.7 cm³/mol. The first-order chi connectivity index (χ1) is 12.3. The number of hydrogen-bond donors (Lipinski definition) is 6. The molecule has 0 fully saturated rings. The van der Waals surface area contributed by atoms with Crippen molar-refractivity contribution < 1.29 is 40.2 Å². The lowest BCUT2D eigenvalue weighted by Crippen LogP contribution is -2.49. The molecule has 156 valence electrons. The first-order valence-corrected chi connectivity index (χ1v) is 9.52. The van der Waals surface area contributed by atoms with Crippen LogP contribution in [0.1, 0.15) is 64.7 Å². The molecule has 5 atom stereocenters. The minimum atomic E-state index is -2.20. The van der Waals surface area contributed by atoms with Crippen molar-refractivity contribution in [2.75, 3.05) is 13.2 Å². The van der Waals surface area contributed by atoms with Crippen molar-refractivity contribution in [1.29, 1.82) is 0 Å². The van der Waals surface area contributed by atoms with E-state index >= 15 is 0 Å². The van der Waals surface area contributed by atoms with Gasteiger partial charge in [0.2, 0.25) is 0 Å². The molecule has 0 aliphatic heterocycles. The monoisotopic (exact) mass is 380 g/mol. The molecule has 0 spiro atoms. The van der Waals surface area contributed by atoms with E-state index in [1.165, 1.54) is 32.1 Å². The summed E-state index contributed by atoms with van der Waals surface area (Å²) in [7, 11) is 0. The molecule has 0 radical (unpaired) electrons. The highest BCUT2D eigenvalue weighted by molar-refractivity contribution is 5.72. The van der Waals surface area contributed by atoms with Crippen LogP contribution in [0.25, 0.3) is 0 Å². The standard InChI is InChI=1S/C18H36O8/c1-2-3-4-5-6-7-8-9-10-13(19)11-26-12-14(20)15(21)16(22)17(23)18(24)25/h13-17,19-23H,2-12H2,1H3,(H,24,25). The number of ether oxygens (including phenoxy) is 1. The van der Waals surface area contributed by atoms with E-state index in [4.69, 9.17) is 14.9 Å². The number of hydrogen-bond acceptors (Lipinski definition) is 7. The number of carboxylic acid groups (broad SMARTS) is 1. The van der Waals surface area contributed by atoms with Crippen LogP contribution in [0.3, 0.4) is 0 Å². The summed E-state index contributed by atoms with van der Waals surface area (Å²) in [6, 6.07) is 0. The summed E-state index contributed by atoms with van der Waals surface area (Å²) in [5, 5.41) is 56.1. The first kappa shape index (κ1) is 25.2. The second kappa shape index (κ2) is 15.3. The molecular weight excluding hydrogens is 344 g/mol. The van der Waals surface area contributed by atoms with Crippen LogP contribution in [-0.4, -0.2) is 80.3 Å². The molecule has 0 aromatic carbocycles. The number of aliphatic hydroxyl groups is 5. The van der Waals surface area contributed by atoms with Crippen molar-refractivity contribution >= 4 is 5.97 Å². The van der Waals surface area contributed by atoms with E-state index in [-0.39, 0.29) is 13.2 Å². The first-order valence-electron chi connectivity index (χ1n) is 9.52. The Bertz CT molecular complexity index is 352. The van der Waals surface area contributed by atoms with Gasteiger partial charge in [0.15, 0.2) is 6.10 Å². The van der Waals surface area contributed by atoms with Crippen LogP contribution in [0.2, 0.25) is 0 Å². The van der Waals surface area contributed by atoms with Crippen LogP contribution in [0.5, 0.6) is 0 Å². The maximum atomic E-state index is 10.5. The van der Waals surface area contributed by atoms with Crippen LogP contribution in [0, 0.1) is 0 Å². The summed E-state index contributed by atoms with van der Waals surface area (Å²) in [6.07, 6.45) is 1.54. The average Bonchev–Trinajstić information content (AvgIpc) is 2.61. The fraction of sp³-hybridized carbons (Fsp3) is 0.944. The van der Waals surface area contributed by atoms with Gasteiger partial charge >= 0.3 is 5.97 Å². The minimum absolute atomic E-state index is 0.0299. The Hall–Kier alpha value is -0.770. The van der Waals surface area contributed by atoms with Crippen molar-refractivity contribution in [3.05, 3.63) is 0 Å². The zero-order valence-electron chi connectivity index (χ0n) is 15.7. The van der Waals surface area contributed by atoms with Crippen molar-refractivity contribution in [2.24, 2.45) is 0 Å². The molecule has 0 saturated heterocycles. The molecule has 8 heteroatoms. The molecule has 0 aromatic heterocycles. The molecule has 0 aliphatic carbocycles. The molecule has 26 heavy (non-hydrogen) atoms. The Kier molecular flexibility index (Phi) is 14.9. The van der Waals surface area contributed by atoms with Gasteiger partial charge in [0.1, 0.15) is 18.3 Å². The lowest BCUT2D eigenvalue weighted by atomic mass is 10.0. The van der Waals surface area contributed by atoms with Crippen LogP contribution in [0.15, 0.2) is 0 Å². The van der Waals surface area contributed by atoms with E-state index < -0.39 is 36.5 Å². The molecule has 0 aromatic rings. The maximum absolute atomic E-state index is 10.5. The summed E-state index contributed by atoms with van der Waals surface area (Å²) in [5.74, 6) is -1.70. The van der Waals surface area contributed by atoms with Gasteiger partial charge in [-0.1, -0.05) is 58.3 Å². The zero-order valence-corrected chi connectivity index (χ0v) is 15.7. The van der Waals surface area contributed by atoms with Crippen LogP contribution >= 0.6 is 0 Å². The Morgan fingerprint density at radius 3 is 1.88 bits per heavy atom. The summed E-state index contributed by atoms with van der Waals surface area (Å²) in [6.45, 7) is 1.77. The van der Waals surface area contributed by atoms with E-state index in [9.17, 15) is 25.2 Å². The molecule has 5 unspecified atom stereocenters. The molecule has 0 saturated carbocycles.